The Hall–Kier alpha value is -5.27. The number of non-ortho nitro benzene ring substituents is 2. The van der Waals surface area contributed by atoms with E-state index in [0.29, 0.717) is 16.9 Å². The smallest absolute Gasteiger partial charge is 0.270 e. The van der Waals surface area contributed by atoms with Crippen LogP contribution in [0, 0.1) is 20.2 Å². The van der Waals surface area contributed by atoms with Crippen molar-refractivity contribution in [2.24, 2.45) is 9.98 Å². The van der Waals surface area contributed by atoms with Gasteiger partial charge in [-0.1, -0.05) is 84.7 Å². The third-order valence-electron chi connectivity index (χ3n) is 8.59. The van der Waals surface area contributed by atoms with Crippen molar-refractivity contribution in [3.63, 3.8) is 0 Å². The summed E-state index contributed by atoms with van der Waals surface area (Å²) in [7, 11) is 0. The van der Waals surface area contributed by atoms with Crippen LogP contribution in [0.2, 0.25) is 0 Å². The zero-order valence-electron chi connectivity index (χ0n) is 30.6. The van der Waals surface area contributed by atoms with Crippen molar-refractivity contribution in [3.05, 3.63) is 121 Å². The summed E-state index contributed by atoms with van der Waals surface area (Å²) in [5, 5.41) is 55.5. The van der Waals surface area contributed by atoms with Crippen LogP contribution in [-0.4, -0.2) is 44.6 Å². The Morgan fingerprint density at radius 2 is 1.08 bits per heavy atom. The van der Waals surface area contributed by atoms with Crippen LogP contribution in [0.1, 0.15) is 89.5 Å². The van der Waals surface area contributed by atoms with Crippen LogP contribution in [0.4, 0.5) is 11.4 Å². The molecule has 0 bridgehead atoms. The van der Waals surface area contributed by atoms with E-state index in [-0.39, 0.29) is 68.6 Å². The molecule has 4 aromatic carbocycles. The standard InChI is InChI=1S/C28H36N4O6.C12H10O2.Co/c1-27(2,3)21-13-19(31(35)36)11-17(25(21)33)15-29-23-9-7-8-10-24(23)30-16-18-12-20(32(37)38)14-22(26(18)34)28(4,5)6;13-10-6-8-12(9-7-10)14-11-4-2-1-3-5-11;/h11-16,23-24,33-34H,7-10H2,1-6H3;1-9,13H;/p-1. The van der Waals surface area contributed by atoms with Crippen molar-refractivity contribution < 1.29 is 46.7 Å². The van der Waals surface area contributed by atoms with Crippen molar-refractivity contribution in [2.45, 2.75) is 90.1 Å². The number of hydrogen-bond donors (Lipinski definition) is 2. The molecule has 1 aliphatic carbocycles. The van der Waals surface area contributed by atoms with E-state index in [1.807, 2.05) is 71.9 Å². The average molecular weight is 769 g/mol. The van der Waals surface area contributed by atoms with Gasteiger partial charge >= 0.3 is 0 Å². The predicted octanol–water partition coefficient (Wildman–Crippen LogP) is 8.91. The Morgan fingerprint density at radius 1 is 0.679 bits per heavy atom. The molecule has 53 heavy (non-hydrogen) atoms. The number of aliphatic imine (C=N–C) groups is 2. The maximum Gasteiger partial charge on any atom is 0.270 e. The number of hydrogen-bond acceptors (Lipinski definition) is 10. The molecule has 1 radical (unpaired) electrons. The van der Waals surface area contributed by atoms with E-state index < -0.39 is 20.7 Å². The summed E-state index contributed by atoms with van der Waals surface area (Å²) >= 11 is 0. The zero-order valence-corrected chi connectivity index (χ0v) is 31.7. The Morgan fingerprint density at radius 3 is 1.45 bits per heavy atom. The minimum atomic E-state index is -0.511. The van der Waals surface area contributed by atoms with Gasteiger partial charge in [-0.05, 0) is 47.9 Å². The molecule has 0 spiro atoms. The van der Waals surface area contributed by atoms with Gasteiger partial charge in [0.05, 0.1) is 21.9 Å². The second-order valence-corrected chi connectivity index (χ2v) is 14.7. The Kier molecular flexibility index (Phi) is 14.3. The fourth-order valence-electron chi connectivity index (χ4n) is 5.76. The van der Waals surface area contributed by atoms with Gasteiger partial charge in [-0.3, -0.25) is 30.2 Å². The topological polar surface area (TPSA) is 184 Å². The van der Waals surface area contributed by atoms with Crippen LogP contribution in [0.15, 0.2) is 88.8 Å². The fraction of sp³-hybridized carbons (Fsp3) is 0.350. The molecule has 5 rings (SSSR count). The van der Waals surface area contributed by atoms with Crippen molar-refractivity contribution in [1.29, 1.82) is 0 Å². The van der Waals surface area contributed by atoms with E-state index in [2.05, 4.69) is 9.98 Å². The minimum absolute atomic E-state index is 0. The monoisotopic (exact) mass is 768 g/mol. The maximum absolute atomic E-state index is 11.5. The third kappa shape index (κ3) is 11.6. The van der Waals surface area contributed by atoms with Gasteiger partial charge in [0.25, 0.3) is 11.4 Å². The SMILES string of the molecule is CC(C)(C)c1cc([N+](=O)[O-])cc(C=NC2CCCCC2N=Cc2cc([N+](=O)[O-])cc(C(C)(C)C)c2O)c1O.[Co].[O-]c1ccc(Oc2ccccc2)cc1. The second kappa shape index (κ2) is 18.0. The van der Waals surface area contributed by atoms with Gasteiger partial charge in [-0.15, -0.1) is 5.75 Å². The summed E-state index contributed by atoms with van der Waals surface area (Å²) in [6, 6.07) is 20.6. The zero-order chi connectivity index (χ0) is 38.2. The molecule has 12 nitrogen and oxygen atoms in total. The van der Waals surface area contributed by atoms with Crippen LogP contribution in [0.3, 0.4) is 0 Å². The van der Waals surface area contributed by atoms with Gasteiger partial charge in [0, 0.05) is 75.7 Å². The molecular weight excluding hydrogens is 723 g/mol. The number of phenolic OH excluding ortho intramolecular Hbond substituents is 2. The van der Waals surface area contributed by atoms with Crippen LogP contribution >= 0.6 is 0 Å². The van der Waals surface area contributed by atoms with Crippen LogP contribution < -0.4 is 9.84 Å². The van der Waals surface area contributed by atoms with Crippen molar-refractivity contribution in [3.8, 4) is 28.7 Å². The van der Waals surface area contributed by atoms with Gasteiger partial charge in [-0.2, -0.15) is 0 Å². The van der Waals surface area contributed by atoms with Gasteiger partial charge in [0.15, 0.2) is 0 Å². The van der Waals surface area contributed by atoms with E-state index in [0.717, 1.165) is 31.4 Å². The average Bonchev–Trinajstić information content (AvgIpc) is 3.08. The van der Waals surface area contributed by atoms with E-state index in [1.54, 1.807) is 12.1 Å². The third-order valence-corrected chi connectivity index (χ3v) is 8.59. The first-order valence-corrected chi connectivity index (χ1v) is 17.0. The molecule has 0 amide bonds. The molecule has 0 aliphatic heterocycles. The summed E-state index contributed by atoms with van der Waals surface area (Å²) in [5.41, 5.74) is 0.188. The predicted molar refractivity (Wildman–Crippen MR) is 201 cm³/mol. The number of nitro groups is 2. The summed E-state index contributed by atoms with van der Waals surface area (Å²) in [4.78, 5) is 31.3. The van der Waals surface area contributed by atoms with E-state index in [9.17, 15) is 35.5 Å². The number of nitro benzene ring substituents is 2. The fourth-order valence-corrected chi connectivity index (χ4v) is 5.76. The van der Waals surface area contributed by atoms with E-state index in [1.165, 1.54) is 48.8 Å². The second-order valence-electron chi connectivity index (χ2n) is 14.7. The molecule has 2 atom stereocenters. The number of aromatic hydroxyl groups is 2. The number of ether oxygens (including phenoxy) is 1. The number of phenols is 2. The first kappa shape index (κ1) is 42.1. The van der Waals surface area contributed by atoms with E-state index in [4.69, 9.17) is 4.74 Å². The largest absolute Gasteiger partial charge is 0.872 e. The van der Waals surface area contributed by atoms with Crippen molar-refractivity contribution >= 4 is 23.8 Å². The van der Waals surface area contributed by atoms with Gasteiger partial charge < -0.3 is 20.1 Å². The molecule has 0 saturated heterocycles. The van der Waals surface area contributed by atoms with Crippen LogP contribution in [0.25, 0.3) is 0 Å². The van der Waals surface area contributed by atoms with E-state index >= 15 is 0 Å². The molecule has 1 fully saturated rings. The normalized spacial score (nSPS) is 16.0. The van der Waals surface area contributed by atoms with Gasteiger partial charge in [0.2, 0.25) is 0 Å². The molecular formula is C40H45CoN4O8-. The molecule has 2 unspecified atom stereocenters. The maximum atomic E-state index is 11.5. The Labute approximate surface area is 319 Å². The molecule has 4 aromatic rings. The number of para-hydroxylation sites is 1. The number of nitrogens with zero attached hydrogens (tertiary/aromatic N) is 4. The van der Waals surface area contributed by atoms with Gasteiger partial charge in [0.1, 0.15) is 23.0 Å². The number of benzene rings is 4. The summed E-state index contributed by atoms with van der Waals surface area (Å²) in [5.74, 6) is 1.35. The first-order valence-electron chi connectivity index (χ1n) is 17.0. The van der Waals surface area contributed by atoms with Crippen molar-refractivity contribution in [2.75, 3.05) is 0 Å². The summed E-state index contributed by atoms with van der Waals surface area (Å²) in [6.45, 7) is 11.2. The molecule has 13 heteroatoms. The molecule has 1 saturated carbocycles. The van der Waals surface area contributed by atoms with Gasteiger partial charge in [-0.25, -0.2) is 0 Å². The minimum Gasteiger partial charge on any atom is -0.872 e. The molecule has 0 heterocycles. The molecule has 0 aromatic heterocycles. The molecule has 1 aliphatic rings. The van der Waals surface area contributed by atoms with Crippen molar-refractivity contribution in [1.82, 2.24) is 0 Å². The van der Waals surface area contributed by atoms with Crippen LogP contribution in [-0.2, 0) is 27.6 Å². The quantitative estimate of drug-likeness (QED) is 0.101. The number of rotatable bonds is 8. The summed E-state index contributed by atoms with van der Waals surface area (Å²) < 4.78 is 5.49. The first-order chi connectivity index (χ1) is 24.4. The van der Waals surface area contributed by atoms with Crippen LogP contribution in [0.5, 0.6) is 28.7 Å². The summed E-state index contributed by atoms with van der Waals surface area (Å²) in [6.07, 6.45) is 6.26. The Bertz CT molecular complexity index is 1840. The molecule has 2 N–H and O–H groups in total. The Balaban J connectivity index is 0.000000420. The molecule has 283 valence electrons.